The minimum atomic E-state index is -0.123. The van der Waals surface area contributed by atoms with Crippen LogP contribution in [0.1, 0.15) is 73.8 Å². The van der Waals surface area contributed by atoms with Gasteiger partial charge in [0.1, 0.15) is 0 Å². The first-order chi connectivity index (χ1) is 31.3. The van der Waals surface area contributed by atoms with Crippen LogP contribution >= 0.6 is 11.3 Å². The minimum Gasteiger partial charge on any atom is -0.208 e. The Hall–Kier alpha value is -6.74. The molecule has 0 radical (unpaired) electrons. The van der Waals surface area contributed by atoms with Crippen LogP contribution in [0.2, 0.25) is 0 Å². The van der Waals surface area contributed by atoms with E-state index in [2.05, 4.69) is 159 Å². The third-order valence-electron chi connectivity index (χ3n) is 15.9. The summed E-state index contributed by atoms with van der Waals surface area (Å²) in [5.74, 6) is 5.02. The molecule has 5 aliphatic carbocycles. The summed E-state index contributed by atoms with van der Waals surface area (Å²) in [6.07, 6.45) is 6.66. The van der Waals surface area contributed by atoms with Crippen LogP contribution in [0, 0.1) is 35.0 Å². The number of hydrogen-bond donors (Lipinski definition) is 0. The third kappa shape index (κ3) is 5.61. The lowest BCUT2D eigenvalue weighted by Gasteiger charge is -2.62. The van der Waals surface area contributed by atoms with E-state index < -0.39 is 0 Å². The van der Waals surface area contributed by atoms with E-state index in [1.54, 1.807) is 0 Å². The fourth-order valence-electron chi connectivity index (χ4n) is 13.2. The molecule has 4 bridgehead atoms. The summed E-state index contributed by atoms with van der Waals surface area (Å²) >= 11 is 1.91. The monoisotopic (exact) mass is 842 g/mol. The molecule has 0 aliphatic heterocycles. The molecule has 0 atom stereocenters. The fraction of sp³-hybridized carbons (Fsp3) is 0.220. The van der Waals surface area contributed by atoms with Gasteiger partial charge in [0.25, 0.3) is 0 Å². The van der Waals surface area contributed by atoms with Gasteiger partial charge in [0.2, 0.25) is 0 Å². The van der Waals surface area contributed by atoms with Crippen LogP contribution in [0.25, 0.3) is 76.6 Å². The Bertz CT molecular complexity index is 3350. The van der Waals surface area contributed by atoms with Gasteiger partial charge in [-0.2, -0.15) is 5.26 Å². The second kappa shape index (κ2) is 14.1. The first-order valence-electron chi connectivity index (χ1n) is 23.0. The van der Waals surface area contributed by atoms with Crippen molar-refractivity contribution in [2.75, 3.05) is 0 Å². The number of rotatable bonds is 6. The van der Waals surface area contributed by atoms with Crippen molar-refractivity contribution in [3.8, 4) is 62.5 Å². The van der Waals surface area contributed by atoms with E-state index in [9.17, 15) is 5.26 Å². The van der Waals surface area contributed by atoms with Crippen molar-refractivity contribution in [3.05, 3.63) is 186 Å². The first kappa shape index (κ1) is 37.8. The highest BCUT2D eigenvalue weighted by Crippen LogP contribution is 2.65. The van der Waals surface area contributed by atoms with Crippen LogP contribution in [0.4, 0.5) is 0 Å². The number of nitriles is 1. The molecule has 0 amide bonds. The number of hydrogen-bond acceptors (Lipinski definition) is 5. The predicted octanol–water partition coefficient (Wildman–Crippen LogP) is 14.8. The van der Waals surface area contributed by atoms with Crippen molar-refractivity contribution in [2.24, 2.45) is 23.7 Å². The number of thiophene rings is 1. The van der Waals surface area contributed by atoms with Crippen molar-refractivity contribution in [1.29, 1.82) is 5.26 Å². The lowest BCUT2D eigenvalue weighted by Crippen LogP contribution is -2.56. The third-order valence-corrected chi connectivity index (χ3v) is 17.0. The highest BCUT2D eigenvalue weighted by molar-refractivity contribution is 7.25. The first-order valence-corrected chi connectivity index (χ1v) is 23.8. The van der Waals surface area contributed by atoms with Crippen molar-refractivity contribution < 1.29 is 0 Å². The molecule has 64 heavy (non-hydrogen) atoms. The molecule has 5 heteroatoms. The number of nitrogens with zero attached hydrogens (tertiary/aromatic N) is 4. The van der Waals surface area contributed by atoms with Gasteiger partial charge in [0, 0.05) is 47.7 Å². The van der Waals surface area contributed by atoms with Crippen LogP contribution < -0.4 is 0 Å². The predicted molar refractivity (Wildman–Crippen MR) is 261 cm³/mol. The topological polar surface area (TPSA) is 62.5 Å². The molecule has 0 N–H and O–H groups in total. The Balaban J connectivity index is 0.930. The lowest BCUT2D eigenvalue weighted by molar-refractivity contribution is -0.0417. The molecule has 0 saturated heterocycles. The maximum Gasteiger partial charge on any atom is 0.164 e. The molecule has 2 aromatic heterocycles. The van der Waals surface area contributed by atoms with Crippen molar-refractivity contribution in [2.45, 2.75) is 56.8 Å². The fourth-order valence-corrected chi connectivity index (χ4v) is 14.4. The molecule has 0 spiro atoms. The summed E-state index contributed by atoms with van der Waals surface area (Å²) in [4.78, 5) is 15.8. The zero-order valence-corrected chi connectivity index (χ0v) is 36.9. The van der Waals surface area contributed by atoms with E-state index in [0.717, 1.165) is 34.1 Å². The van der Waals surface area contributed by atoms with E-state index >= 15 is 0 Å². The zero-order valence-electron chi connectivity index (χ0n) is 36.1. The quantitative estimate of drug-likeness (QED) is 0.167. The molecule has 9 aromatic rings. The van der Waals surface area contributed by atoms with Crippen LogP contribution in [0.3, 0.4) is 0 Å². The van der Waals surface area contributed by atoms with E-state index in [-0.39, 0.29) is 10.8 Å². The SMILES string of the molecule is CC1(C)c2ccccc2-c2c(-c3nc(-c4ccccc4)nc(-c4ccc(C5(c6ccc7c(c6)sc6cc(-c8ccc(C#N)cc8)ccc67)C6CC7CC(C6)CC5C7)cc4)n3)cccc21. The van der Waals surface area contributed by atoms with Gasteiger partial charge >= 0.3 is 0 Å². The Morgan fingerprint density at radius 3 is 1.78 bits per heavy atom. The smallest absolute Gasteiger partial charge is 0.164 e. The summed E-state index contributed by atoms with van der Waals surface area (Å²) in [5, 5.41) is 12.0. The lowest BCUT2D eigenvalue weighted by atomic mass is 9.42. The molecule has 0 unspecified atom stereocenters. The Morgan fingerprint density at radius 2 is 1.06 bits per heavy atom. The molecule has 4 saturated carbocycles. The number of fused-ring (bicyclic) bond motifs is 6. The van der Waals surface area contributed by atoms with Gasteiger partial charge < -0.3 is 0 Å². The minimum absolute atomic E-state index is 0.0474. The molecule has 4 nitrogen and oxygen atoms in total. The maximum absolute atomic E-state index is 9.35. The molecule has 5 aliphatic rings. The molecule has 14 rings (SSSR count). The van der Waals surface area contributed by atoms with Crippen molar-refractivity contribution >= 4 is 31.5 Å². The van der Waals surface area contributed by atoms with Gasteiger partial charge in [-0.1, -0.05) is 147 Å². The van der Waals surface area contributed by atoms with Crippen LogP contribution in [0.15, 0.2) is 158 Å². The Morgan fingerprint density at radius 1 is 0.500 bits per heavy atom. The van der Waals surface area contributed by atoms with Crippen molar-refractivity contribution in [1.82, 2.24) is 15.0 Å². The molecule has 2 heterocycles. The Labute approximate surface area is 378 Å². The van der Waals surface area contributed by atoms with Gasteiger partial charge in [-0.25, -0.2) is 15.0 Å². The van der Waals surface area contributed by atoms with E-state index in [0.29, 0.717) is 34.9 Å². The summed E-state index contributed by atoms with van der Waals surface area (Å²) in [7, 11) is 0. The normalized spacial score (nSPS) is 22.4. The largest absolute Gasteiger partial charge is 0.208 e. The summed E-state index contributed by atoms with van der Waals surface area (Å²) in [6.45, 7) is 4.65. The number of aromatic nitrogens is 3. The van der Waals surface area contributed by atoms with E-state index in [1.807, 2.05) is 29.5 Å². The van der Waals surface area contributed by atoms with Gasteiger partial charge in [0.15, 0.2) is 17.5 Å². The van der Waals surface area contributed by atoms with Gasteiger partial charge in [-0.3, -0.25) is 0 Å². The average Bonchev–Trinajstić information content (AvgIpc) is 3.82. The average molecular weight is 843 g/mol. The second-order valence-electron chi connectivity index (χ2n) is 19.5. The van der Waals surface area contributed by atoms with E-state index in [1.165, 1.54) is 91.2 Å². The highest BCUT2D eigenvalue weighted by atomic mass is 32.1. The second-order valence-corrected chi connectivity index (χ2v) is 20.6. The highest BCUT2D eigenvalue weighted by Gasteiger charge is 2.58. The summed E-state index contributed by atoms with van der Waals surface area (Å²) in [5.41, 5.74) is 13.9. The zero-order chi connectivity index (χ0) is 42.7. The summed E-state index contributed by atoms with van der Waals surface area (Å²) in [6, 6.07) is 59.7. The van der Waals surface area contributed by atoms with Gasteiger partial charge in [-0.15, -0.1) is 11.3 Å². The summed E-state index contributed by atoms with van der Waals surface area (Å²) < 4.78 is 2.66. The Kier molecular flexibility index (Phi) is 8.34. The van der Waals surface area contributed by atoms with Crippen LogP contribution in [-0.4, -0.2) is 15.0 Å². The molecule has 7 aromatic carbocycles. The van der Waals surface area contributed by atoms with E-state index in [4.69, 9.17) is 15.0 Å². The van der Waals surface area contributed by atoms with Gasteiger partial charge in [0.05, 0.1) is 11.6 Å². The van der Waals surface area contributed by atoms with Crippen LogP contribution in [-0.2, 0) is 10.8 Å². The maximum atomic E-state index is 9.35. The molecular formula is C59H46N4S. The number of benzene rings is 7. The molecular weight excluding hydrogens is 797 g/mol. The standard InChI is InChI=1S/C59H46N4S/c1-58(2)50-13-7-6-11-48(50)54-49(12-8-14-51(54)58)57-62-55(39-9-4-3-5-10-39)61-56(63-57)40-19-22-42(23-20-40)59(44-28-36-27-37(30-44)31-45(59)29-36)43-24-26-47-46-25-21-41(32-52(46)64-53(47)33-43)38-17-15-35(34-60)16-18-38/h3-26,32-33,36-37,44-45H,27-31H2,1-2H3. The van der Waals surface area contributed by atoms with Crippen molar-refractivity contribution in [3.63, 3.8) is 0 Å². The van der Waals surface area contributed by atoms with Gasteiger partial charge in [-0.05, 0) is 125 Å². The van der Waals surface area contributed by atoms with Crippen LogP contribution in [0.5, 0.6) is 0 Å². The molecule has 4 fully saturated rings. The molecule has 308 valence electrons.